The standard InChI is InChI=1S/C33H55N5O6S.C3H8/c1-8-17-34-29(41)26(39)24(18-23-13-14-23)35-28(40)25-22(4)21(3)19-38(25)30(42)27(32(5,6)7)36-31(43)37-33(20-45(44)9-2)15-11-10-12-16-33;1-3-2/h8,21-25,27H,1,9-20H2,2-7H3,(H,34,41)(H,35,40)(H2,36,37,43);3H2,1-2H3/t21-,22-,24?,25-,27?,45?;/m0./s1. The van der Waals surface area contributed by atoms with Crippen molar-refractivity contribution in [2.24, 2.45) is 23.2 Å². The maximum atomic E-state index is 14.3. The van der Waals surface area contributed by atoms with Crippen molar-refractivity contribution in [2.75, 3.05) is 24.6 Å². The van der Waals surface area contributed by atoms with Gasteiger partial charge >= 0.3 is 6.03 Å². The van der Waals surface area contributed by atoms with E-state index in [1.165, 1.54) is 17.4 Å². The first-order valence-electron chi connectivity index (χ1n) is 18.0. The van der Waals surface area contributed by atoms with Crippen molar-refractivity contribution in [3.05, 3.63) is 12.7 Å². The third-order valence-electron chi connectivity index (χ3n) is 9.63. The minimum absolute atomic E-state index is 0.0119. The highest BCUT2D eigenvalue weighted by Crippen LogP contribution is 2.35. The van der Waals surface area contributed by atoms with Crippen LogP contribution in [0.1, 0.15) is 113 Å². The fourth-order valence-corrected chi connectivity index (χ4v) is 7.73. The molecule has 4 N–H and O–H groups in total. The second kappa shape index (κ2) is 18.9. The molecule has 3 fully saturated rings. The number of ketones is 1. The Balaban J connectivity index is 0.00000257. The Bertz CT molecular complexity index is 1160. The SMILES string of the molecule is C=CCNC(=O)C(=O)C(CC1CC1)NC(=O)[C@@H]1[C@@H](C)[C@@H](C)CN1C(=O)C(NC(=O)NC1(CS(=O)CC)CCCCC1)C(C)(C)C.CCC. The summed E-state index contributed by atoms with van der Waals surface area (Å²) in [6.07, 6.45) is 9.37. The molecular formula is C36H63N5O6S. The summed E-state index contributed by atoms with van der Waals surface area (Å²) in [5.74, 6) is -1.42. The number of hydrogen-bond donors (Lipinski definition) is 4. The van der Waals surface area contributed by atoms with Gasteiger partial charge in [-0.2, -0.15) is 0 Å². The number of Topliss-reactive ketones (excluding diaryl/α,β-unsaturated/α-hetero) is 1. The topological polar surface area (TPSA) is 154 Å². The average Bonchev–Trinajstić information content (AvgIpc) is 3.79. The van der Waals surface area contributed by atoms with Gasteiger partial charge in [0.1, 0.15) is 12.1 Å². The summed E-state index contributed by atoms with van der Waals surface area (Å²) in [5.41, 5.74) is -1.28. The lowest BCUT2D eigenvalue weighted by atomic mass is 9.83. The lowest BCUT2D eigenvalue weighted by Crippen LogP contribution is -2.63. The van der Waals surface area contributed by atoms with Crippen molar-refractivity contribution < 1.29 is 28.2 Å². The molecule has 1 saturated heterocycles. The Morgan fingerprint density at radius 2 is 1.60 bits per heavy atom. The van der Waals surface area contributed by atoms with E-state index < -0.39 is 63.5 Å². The zero-order valence-electron chi connectivity index (χ0n) is 30.7. The van der Waals surface area contributed by atoms with Crippen LogP contribution in [-0.4, -0.2) is 86.9 Å². The number of rotatable bonds is 14. The number of amides is 5. The number of carbonyl (C=O) groups excluding carboxylic acids is 5. The summed E-state index contributed by atoms with van der Waals surface area (Å²) in [4.78, 5) is 68.7. The zero-order chi connectivity index (χ0) is 36.2. The monoisotopic (exact) mass is 693 g/mol. The molecule has 5 amide bonds. The highest BCUT2D eigenvalue weighted by molar-refractivity contribution is 7.85. The molecule has 11 nitrogen and oxygen atoms in total. The van der Waals surface area contributed by atoms with Crippen molar-refractivity contribution >= 4 is 40.3 Å². The molecule has 6 atom stereocenters. The van der Waals surface area contributed by atoms with Crippen molar-refractivity contribution in [3.8, 4) is 0 Å². The van der Waals surface area contributed by atoms with Gasteiger partial charge in [-0.1, -0.05) is 100.0 Å². The van der Waals surface area contributed by atoms with Crippen LogP contribution in [-0.2, 0) is 30.0 Å². The molecule has 1 heterocycles. The molecule has 0 aromatic heterocycles. The molecule has 0 aromatic carbocycles. The quantitative estimate of drug-likeness (QED) is 0.158. The summed E-state index contributed by atoms with van der Waals surface area (Å²) in [5, 5.41) is 11.4. The van der Waals surface area contributed by atoms with Crippen molar-refractivity contribution in [2.45, 2.75) is 137 Å². The largest absolute Gasteiger partial charge is 0.346 e. The van der Waals surface area contributed by atoms with E-state index in [0.29, 0.717) is 24.5 Å². The second-order valence-corrected chi connectivity index (χ2v) is 16.9. The highest BCUT2D eigenvalue weighted by atomic mass is 32.2. The molecule has 3 aliphatic rings. The van der Waals surface area contributed by atoms with Crippen LogP contribution >= 0.6 is 0 Å². The molecular weight excluding hydrogens is 630 g/mol. The first kappa shape index (κ1) is 41.4. The minimum atomic E-state index is -1.07. The smallest absolute Gasteiger partial charge is 0.315 e. The predicted octanol–water partition coefficient (Wildman–Crippen LogP) is 4.23. The van der Waals surface area contributed by atoms with Gasteiger partial charge < -0.3 is 26.2 Å². The fourth-order valence-electron chi connectivity index (χ4n) is 6.54. The minimum Gasteiger partial charge on any atom is -0.346 e. The predicted molar refractivity (Wildman–Crippen MR) is 192 cm³/mol. The van der Waals surface area contributed by atoms with Crippen LogP contribution in [0.3, 0.4) is 0 Å². The van der Waals surface area contributed by atoms with E-state index >= 15 is 0 Å². The maximum Gasteiger partial charge on any atom is 0.315 e. The second-order valence-electron chi connectivity index (χ2n) is 15.2. The summed E-state index contributed by atoms with van der Waals surface area (Å²) >= 11 is 0. The summed E-state index contributed by atoms with van der Waals surface area (Å²) in [6, 6.07) is -3.29. The third kappa shape index (κ3) is 12.0. The van der Waals surface area contributed by atoms with Gasteiger partial charge in [0.05, 0.1) is 11.6 Å². The van der Waals surface area contributed by atoms with E-state index in [0.717, 1.165) is 44.9 Å². The highest BCUT2D eigenvalue weighted by Gasteiger charge is 2.49. The number of likely N-dealkylation sites (tertiary alicyclic amines) is 1. The maximum absolute atomic E-state index is 14.3. The van der Waals surface area contributed by atoms with Gasteiger partial charge in [0.15, 0.2) is 0 Å². The lowest BCUT2D eigenvalue weighted by molar-refractivity contribution is -0.144. The normalized spacial score (nSPS) is 23.8. The van der Waals surface area contributed by atoms with Crippen LogP contribution in [0.4, 0.5) is 4.79 Å². The van der Waals surface area contributed by atoms with E-state index in [4.69, 9.17) is 0 Å². The molecule has 1 aliphatic heterocycles. The molecule has 12 heteroatoms. The van der Waals surface area contributed by atoms with Crippen LogP contribution in [0, 0.1) is 23.2 Å². The van der Waals surface area contributed by atoms with Gasteiger partial charge in [-0.3, -0.25) is 23.4 Å². The Morgan fingerprint density at radius 1 is 1.00 bits per heavy atom. The van der Waals surface area contributed by atoms with Gasteiger partial charge in [0, 0.05) is 35.4 Å². The Morgan fingerprint density at radius 3 is 2.12 bits per heavy atom. The lowest BCUT2D eigenvalue weighted by Gasteiger charge is -2.40. The van der Waals surface area contributed by atoms with Gasteiger partial charge in [0.25, 0.3) is 5.91 Å². The van der Waals surface area contributed by atoms with E-state index in [2.05, 4.69) is 41.7 Å². The van der Waals surface area contributed by atoms with E-state index in [1.54, 1.807) is 0 Å². The molecule has 0 spiro atoms. The van der Waals surface area contributed by atoms with Crippen LogP contribution in [0.15, 0.2) is 12.7 Å². The Kier molecular flexibility index (Phi) is 16.3. The molecule has 48 heavy (non-hydrogen) atoms. The third-order valence-corrected chi connectivity index (χ3v) is 11.2. The Labute approximate surface area is 291 Å². The first-order valence-corrected chi connectivity index (χ1v) is 19.5. The summed E-state index contributed by atoms with van der Waals surface area (Å²) in [6.45, 7) is 19.6. The van der Waals surface area contributed by atoms with Crippen molar-refractivity contribution in [1.29, 1.82) is 0 Å². The zero-order valence-corrected chi connectivity index (χ0v) is 31.6. The number of carbonyl (C=O) groups is 5. The molecule has 0 radical (unpaired) electrons. The van der Waals surface area contributed by atoms with E-state index in [-0.39, 0.29) is 30.2 Å². The fraction of sp³-hybridized carbons (Fsp3) is 0.806. The van der Waals surface area contributed by atoms with Crippen LogP contribution in [0.5, 0.6) is 0 Å². The van der Waals surface area contributed by atoms with Gasteiger partial charge in [0.2, 0.25) is 17.6 Å². The molecule has 2 saturated carbocycles. The van der Waals surface area contributed by atoms with Crippen molar-refractivity contribution in [1.82, 2.24) is 26.2 Å². The van der Waals surface area contributed by atoms with Crippen LogP contribution in [0.25, 0.3) is 0 Å². The first-order chi connectivity index (χ1) is 22.5. The molecule has 274 valence electrons. The summed E-state index contributed by atoms with van der Waals surface area (Å²) < 4.78 is 12.6. The van der Waals surface area contributed by atoms with E-state index in [1.807, 2.05) is 41.5 Å². The number of urea groups is 1. The van der Waals surface area contributed by atoms with Gasteiger partial charge in [-0.15, -0.1) is 6.58 Å². The van der Waals surface area contributed by atoms with Gasteiger partial charge in [-0.25, -0.2) is 4.79 Å². The van der Waals surface area contributed by atoms with Gasteiger partial charge in [-0.05, 0) is 42.4 Å². The molecule has 0 bridgehead atoms. The van der Waals surface area contributed by atoms with Crippen LogP contribution < -0.4 is 21.3 Å². The van der Waals surface area contributed by atoms with E-state index in [9.17, 15) is 28.2 Å². The molecule has 2 aliphatic carbocycles. The average molecular weight is 694 g/mol. The molecule has 3 rings (SSSR count). The number of nitrogens with one attached hydrogen (secondary N) is 4. The molecule has 3 unspecified atom stereocenters. The van der Waals surface area contributed by atoms with Crippen LogP contribution in [0.2, 0.25) is 0 Å². The molecule has 0 aromatic rings. The number of nitrogens with zero attached hydrogens (tertiary/aromatic N) is 1. The summed E-state index contributed by atoms with van der Waals surface area (Å²) in [7, 11) is -1.07. The Hall–Kier alpha value is -2.76. The number of hydrogen-bond acceptors (Lipinski definition) is 6. The van der Waals surface area contributed by atoms with Crippen molar-refractivity contribution in [3.63, 3.8) is 0 Å².